The Labute approximate surface area is 121 Å². The van der Waals surface area contributed by atoms with Gasteiger partial charge in [-0.15, -0.1) is 0 Å². The van der Waals surface area contributed by atoms with Crippen LogP contribution in [0.15, 0.2) is 42.9 Å². The highest BCUT2D eigenvalue weighted by Gasteiger charge is 2.23. The number of carbonyl (C=O) groups excluding carboxylic acids is 1. The monoisotopic (exact) mass is 288 g/mol. The van der Waals surface area contributed by atoms with Crippen LogP contribution in [0, 0.1) is 0 Å². The van der Waals surface area contributed by atoms with Crippen molar-refractivity contribution in [1.82, 2.24) is 14.9 Å². The van der Waals surface area contributed by atoms with Crippen molar-refractivity contribution >= 4 is 11.9 Å². The van der Waals surface area contributed by atoms with E-state index in [0.29, 0.717) is 18.7 Å². The normalized spacial score (nSPS) is 11.9. The summed E-state index contributed by atoms with van der Waals surface area (Å²) in [5.74, 6) is -1.67. The van der Waals surface area contributed by atoms with E-state index in [1.165, 1.54) is 12.5 Å². The third-order valence-corrected chi connectivity index (χ3v) is 2.91. The highest BCUT2D eigenvalue weighted by atomic mass is 16.4. The second-order valence-electron chi connectivity index (χ2n) is 4.44. The molecule has 0 aliphatic heterocycles. The van der Waals surface area contributed by atoms with Gasteiger partial charge in [-0.25, -0.2) is 9.78 Å². The summed E-state index contributed by atoms with van der Waals surface area (Å²) in [5.41, 5.74) is 6.07. The van der Waals surface area contributed by atoms with Crippen LogP contribution in [0.3, 0.4) is 0 Å². The summed E-state index contributed by atoms with van der Waals surface area (Å²) in [6.07, 6.45) is 3.02. The molecular formula is C14H16N4O3. The summed E-state index contributed by atoms with van der Waals surface area (Å²) >= 11 is 0. The summed E-state index contributed by atoms with van der Waals surface area (Å²) in [5, 5.41) is 11.7. The van der Waals surface area contributed by atoms with E-state index in [4.69, 9.17) is 5.73 Å². The van der Waals surface area contributed by atoms with Gasteiger partial charge in [-0.3, -0.25) is 4.79 Å². The Balaban J connectivity index is 2.13. The molecule has 1 heterocycles. The first-order chi connectivity index (χ1) is 10.1. The predicted octanol–water partition coefficient (Wildman–Crippen LogP) is 0.398. The zero-order chi connectivity index (χ0) is 15.2. The van der Waals surface area contributed by atoms with Crippen LogP contribution in [-0.4, -0.2) is 33.1 Å². The Hall–Kier alpha value is -2.67. The number of carbonyl (C=O) groups is 2. The molecule has 0 spiro atoms. The molecule has 21 heavy (non-hydrogen) atoms. The zero-order valence-corrected chi connectivity index (χ0v) is 11.3. The van der Waals surface area contributed by atoms with Crippen molar-refractivity contribution in [2.45, 2.75) is 12.6 Å². The molecule has 1 aromatic heterocycles. The van der Waals surface area contributed by atoms with Crippen LogP contribution < -0.4 is 11.1 Å². The molecule has 0 aliphatic rings. The van der Waals surface area contributed by atoms with Gasteiger partial charge in [-0.1, -0.05) is 30.3 Å². The molecule has 1 unspecified atom stereocenters. The van der Waals surface area contributed by atoms with Gasteiger partial charge in [0.2, 0.25) is 0 Å². The van der Waals surface area contributed by atoms with E-state index in [0.717, 1.165) is 0 Å². The number of aliphatic carboxylic acids is 1. The topological polar surface area (TPSA) is 110 Å². The highest BCUT2D eigenvalue weighted by molar-refractivity contribution is 5.95. The molecule has 0 saturated carbocycles. The largest absolute Gasteiger partial charge is 0.479 e. The van der Waals surface area contributed by atoms with Crippen LogP contribution in [0.2, 0.25) is 0 Å². The lowest BCUT2D eigenvalue weighted by Crippen LogP contribution is -2.33. The Morgan fingerprint density at radius 2 is 2.05 bits per heavy atom. The maximum atomic E-state index is 12.1. The van der Waals surface area contributed by atoms with Gasteiger partial charge in [-0.2, -0.15) is 0 Å². The summed E-state index contributed by atoms with van der Waals surface area (Å²) in [7, 11) is 0. The van der Waals surface area contributed by atoms with Gasteiger partial charge < -0.3 is 20.7 Å². The third-order valence-electron chi connectivity index (χ3n) is 2.91. The van der Waals surface area contributed by atoms with Crippen molar-refractivity contribution < 1.29 is 14.7 Å². The van der Waals surface area contributed by atoms with Gasteiger partial charge in [0.15, 0.2) is 6.04 Å². The lowest BCUT2D eigenvalue weighted by molar-refractivity contribution is -0.139. The van der Waals surface area contributed by atoms with Gasteiger partial charge in [0, 0.05) is 19.3 Å². The van der Waals surface area contributed by atoms with Crippen molar-refractivity contribution in [3.63, 3.8) is 0 Å². The number of imidazole rings is 1. The summed E-state index contributed by atoms with van der Waals surface area (Å²) < 4.78 is 1.67. The maximum absolute atomic E-state index is 12.1. The number of rotatable bonds is 6. The fourth-order valence-electron chi connectivity index (χ4n) is 1.89. The maximum Gasteiger partial charge on any atom is 0.330 e. The van der Waals surface area contributed by atoms with E-state index in [2.05, 4.69) is 10.3 Å². The number of hydrogen-bond donors (Lipinski definition) is 3. The van der Waals surface area contributed by atoms with Gasteiger partial charge in [0.25, 0.3) is 5.91 Å². The number of aromatic nitrogens is 2. The molecule has 0 radical (unpaired) electrons. The second kappa shape index (κ2) is 6.67. The number of amides is 1. The molecule has 1 atom stereocenters. The van der Waals surface area contributed by atoms with Crippen molar-refractivity contribution in [2.75, 3.05) is 6.54 Å². The SMILES string of the molecule is NCCn1cnc(C(=O)NC(C(=O)O)c2ccccc2)c1. The summed E-state index contributed by atoms with van der Waals surface area (Å²) in [4.78, 5) is 27.3. The number of benzene rings is 1. The lowest BCUT2D eigenvalue weighted by Gasteiger charge is -2.13. The van der Waals surface area contributed by atoms with Crippen molar-refractivity contribution in [2.24, 2.45) is 5.73 Å². The van der Waals surface area contributed by atoms with Crippen LogP contribution in [0.1, 0.15) is 22.1 Å². The molecular weight excluding hydrogens is 272 g/mol. The molecule has 0 fully saturated rings. The average Bonchev–Trinajstić information content (AvgIpc) is 2.94. The molecule has 1 amide bonds. The fourth-order valence-corrected chi connectivity index (χ4v) is 1.89. The van der Waals surface area contributed by atoms with Gasteiger partial charge >= 0.3 is 5.97 Å². The van der Waals surface area contributed by atoms with E-state index in [1.54, 1.807) is 34.9 Å². The smallest absolute Gasteiger partial charge is 0.330 e. The number of nitrogens with zero attached hydrogens (tertiary/aromatic N) is 2. The minimum Gasteiger partial charge on any atom is -0.479 e. The standard InChI is InChI=1S/C14H16N4O3/c15-6-7-18-8-11(16-9-18)13(19)17-12(14(20)21)10-4-2-1-3-5-10/h1-5,8-9,12H,6-7,15H2,(H,17,19)(H,20,21). The minimum absolute atomic E-state index is 0.158. The predicted molar refractivity (Wildman–Crippen MR) is 75.6 cm³/mol. The summed E-state index contributed by atoms with van der Waals surface area (Å²) in [6.45, 7) is 0.973. The number of hydrogen-bond acceptors (Lipinski definition) is 4. The second-order valence-corrected chi connectivity index (χ2v) is 4.44. The fraction of sp³-hybridized carbons (Fsp3) is 0.214. The van der Waals surface area contributed by atoms with Crippen LogP contribution in [0.5, 0.6) is 0 Å². The first kappa shape index (κ1) is 14.7. The van der Waals surface area contributed by atoms with Gasteiger partial charge in [0.1, 0.15) is 5.69 Å². The van der Waals surface area contributed by atoms with Crippen molar-refractivity contribution in [3.05, 3.63) is 54.1 Å². The first-order valence-electron chi connectivity index (χ1n) is 6.42. The lowest BCUT2D eigenvalue weighted by atomic mass is 10.1. The molecule has 4 N–H and O–H groups in total. The van der Waals surface area contributed by atoms with Gasteiger partial charge in [0.05, 0.1) is 6.33 Å². The molecule has 0 bridgehead atoms. The zero-order valence-electron chi connectivity index (χ0n) is 11.3. The van der Waals surface area contributed by atoms with E-state index in [-0.39, 0.29) is 5.69 Å². The molecule has 7 nitrogen and oxygen atoms in total. The molecule has 0 aliphatic carbocycles. The van der Waals surface area contributed by atoms with Crippen LogP contribution in [0.4, 0.5) is 0 Å². The van der Waals surface area contributed by atoms with Gasteiger partial charge in [-0.05, 0) is 5.56 Å². The third kappa shape index (κ3) is 3.67. The van der Waals surface area contributed by atoms with E-state index >= 15 is 0 Å². The molecule has 7 heteroatoms. The van der Waals surface area contributed by atoms with E-state index in [1.807, 2.05) is 0 Å². The Morgan fingerprint density at radius 1 is 1.33 bits per heavy atom. The Kier molecular flexibility index (Phi) is 4.68. The van der Waals surface area contributed by atoms with Crippen LogP contribution in [0.25, 0.3) is 0 Å². The molecule has 1 aromatic carbocycles. The van der Waals surface area contributed by atoms with E-state index in [9.17, 15) is 14.7 Å². The van der Waals surface area contributed by atoms with Crippen LogP contribution in [-0.2, 0) is 11.3 Å². The number of nitrogens with two attached hydrogens (primary N) is 1. The quantitative estimate of drug-likeness (QED) is 0.712. The van der Waals surface area contributed by atoms with Crippen molar-refractivity contribution in [3.8, 4) is 0 Å². The number of nitrogens with one attached hydrogen (secondary N) is 1. The molecule has 0 saturated heterocycles. The van der Waals surface area contributed by atoms with Crippen LogP contribution >= 0.6 is 0 Å². The van der Waals surface area contributed by atoms with Crippen molar-refractivity contribution in [1.29, 1.82) is 0 Å². The highest BCUT2D eigenvalue weighted by Crippen LogP contribution is 2.13. The number of carboxylic acids is 1. The average molecular weight is 288 g/mol. The Morgan fingerprint density at radius 3 is 2.67 bits per heavy atom. The molecule has 110 valence electrons. The summed E-state index contributed by atoms with van der Waals surface area (Å²) in [6, 6.07) is 7.39. The van der Waals surface area contributed by atoms with E-state index < -0.39 is 17.9 Å². The Bertz CT molecular complexity index is 624. The molecule has 2 rings (SSSR count). The number of carboxylic acid groups (broad SMARTS) is 1. The first-order valence-corrected chi connectivity index (χ1v) is 6.42. The minimum atomic E-state index is -1.13. The molecule has 2 aromatic rings.